The van der Waals surface area contributed by atoms with E-state index in [4.69, 9.17) is 16.0 Å². The molecule has 0 aromatic carbocycles. The van der Waals surface area contributed by atoms with Gasteiger partial charge in [-0.1, -0.05) is 5.10 Å². The smallest absolute Gasteiger partial charge is 0.315 e. The molecule has 0 fully saturated rings. The van der Waals surface area contributed by atoms with Crippen molar-refractivity contribution in [3.8, 4) is 0 Å². The van der Waals surface area contributed by atoms with Crippen LogP contribution in [0.2, 0.25) is 0 Å². The van der Waals surface area contributed by atoms with E-state index in [0.717, 1.165) is 0 Å². The second-order valence-corrected chi connectivity index (χ2v) is 4.89. The molecule has 0 saturated carbocycles. The topological polar surface area (TPSA) is 68.0 Å². The summed E-state index contributed by atoms with van der Waals surface area (Å²) in [6.07, 6.45) is 1.66. The van der Waals surface area contributed by atoms with Crippen molar-refractivity contribution < 1.29 is 8.63 Å². The third-order valence-electron chi connectivity index (χ3n) is 1.69. The van der Waals surface area contributed by atoms with Crippen molar-refractivity contribution in [2.75, 3.05) is 18.1 Å². The molecular weight excluding hydrogens is 226 g/mol. The predicted octanol–water partition coefficient (Wildman–Crippen LogP) is 0.987. The lowest BCUT2D eigenvalue weighted by Gasteiger charge is -2.06. The largest absolute Gasteiger partial charge is 0.407 e. The molecule has 5 nitrogen and oxygen atoms in total. The second-order valence-electron chi connectivity index (χ2n) is 2.82. The molecule has 1 heterocycles. The van der Waals surface area contributed by atoms with Crippen LogP contribution in [0.25, 0.3) is 0 Å². The fraction of sp³-hybridized carbons (Fsp3) is 0.714. The van der Waals surface area contributed by atoms with E-state index in [0.29, 0.717) is 18.5 Å². The minimum absolute atomic E-state index is 0.0429. The van der Waals surface area contributed by atoms with Crippen LogP contribution in [0.5, 0.6) is 0 Å². The van der Waals surface area contributed by atoms with Crippen LogP contribution in [-0.2, 0) is 16.7 Å². The van der Waals surface area contributed by atoms with Crippen LogP contribution in [0.4, 0.5) is 6.01 Å². The summed E-state index contributed by atoms with van der Waals surface area (Å²) in [6, 6.07) is 0.318. The first-order valence-electron chi connectivity index (χ1n) is 4.08. The Kier molecular flexibility index (Phi) is 4.34. The zero-order chi connectivity index (χ0) is 10.6. The molecule has 0 saturated heterocycles. The molecule has 2 unspecified atom stereocenters. The average molecular weight is 238 g/mol. The first kappa shape index (κ1) is 11.5. The van der Waals surface area contributed by atoms with Gasteiger partial charge in [-0.3, -0.25) is 4.21 Å². The lowest BCUT2D eigenvalue weighted by Crippen LogP contribution is -2.20. The normalized spacial score (nSPS) is 15.1. The Morgan fingerprint density at radius 3 is 2.86 bits per heavy atom. The van der Waals surface area contributed by atoms with Crippen molar-refractivity contribution in [1.29, 1.82) is 0 Å². The Hall–Kier alpha value is -0.620. The van der Waals surface area contributed by atoms with Gasteiger partial charge in [0.2, 0.25) is 5.89 Å². The summed E-state index contributed by atoms with van der Waals surface area (Å²) in [5.74, 6) is 0.573. The van der Waals surface area contributed by atoms with Crippen molar-refractivity contribution in [1.82, 2.24) is 10.2 Å². The summed E-state index contributed by atoms with van der Waals surface area (Å²) in [7, 11) is -0.857. The monoisotopic (exact) mass is 237 g/mol. The summed E-state index contributed by atoms with van der Waals surface area (Å²) >= 11 is 5.48. The van der Waals surface area contributed by atoms with Gasteiger partial charge in [0.1, 0.15) is 5.88 Å². The highest BCUT2D eigenvalue weighted by atomic mass is 35.5. The molecule has 7 heteroatoms. The average Bonchev–Trinajstić information content (AvgIpc) is 2.61. The molecule has 1 N–H and O–H groups in total. The quantitative estimate of drug-likeness (QED) is 0.774. The summed E-state index contributed by atoms with van der Waals surface area (Å²) < 4.78 is 16.1. The Bertz CT molecular complexity index is 318. The van der Waals surface area contributed by atoms with Crippen molar-refractivity contribution in [3.05, 3.63) is 5.89 Å². The second kappa shape index (κ2) is 5.31. The molecular formula is C7H12ClN3O2S. The Labute approximate surface area is 89.7 Å². The highest BCUT2D eigenvalue weighted by Gasteiger charge is 2.08. The zero-order valence-corrected chi connectivity index (χ0v) is 9.56. The van der Waals surface area contributed by atoms with Crippen molar-refractivity contribution >= 4 is 28.4 Å². The van der Waals surface area contributed by atoms with Crippen molar-refractivity contribution in [2.45, 2.75) is 18.1 Å². The maximum Gasteiger partial charge on any atom is 0.315 e. The number of nitrogens with one attached hydrogen (secondary N) is 1. The third-order valence-corrected chi connectivity index (χ3v) is 3.22. The minimum atomic E-state index is -0.857. The van der Waals surface area contributed by atoms with E-state index in [1.54, 1.807) is 6.26 Å². The Morgan fingerprint density at radius 1 is 1.64 bits per heavy atom. The van der Waals surface area contributed by atoms with Crippen molar-refractivity contribution in [2.24, 2.45) is 0 Å². The van der Waals surface area contributed by atoms with Gasteiger partial charge in [-0.15, -0.1) is 16.7 Å². The molecule has 0 spiro atoms. The van der Waals surface area contributed by atoms with Crippen LogP contribution in [0.3, 0.4) is 0 Å². The number of nitrogens with zero attached hydrogens (tertiary/aromatic N) is 2. The van der Waals surface area contributed by atoms with Crippen LogP contribution < -0.4 is 5.32 Å². The number of hydrogen-bond donors (Lipinski definition) is 1. The van der Waals surface area contributed by atoms with Gasteiger partial charge in [0, 0.05) is 28.9 Å². The van der Waals surface area contributed by atoms with Gasteiger partial charge < -0.3 is 9.73 Å². The molecule has 1 aromatic heterocycles. The molecule has 1 rings (SSSR count). The lowest BCUT2D eigenvalue weighted by molar-refractivity contribution is 0.525. The van der Waals surface area contributed by atoms with E-state index >= 15 is 0 Å². The van der Waals surface area contributed by atoms with E-state index in [9.17, 15) is 4.21 Å². The van der Waals surface area contributed by atoms with Gasteiger partial charge in [-0.2, -0.15) is 0 Å². The molecule has 0 aliphatic heterocycles. The summed E-state index contributed by atoms with van der Waals surface area (Å²) in [5, 5.41) is 10.3. The maximum absolute atomic E-state index is 11.0. The SMILES string of the molecule is CC(CNc1nnc(CCl)o1)S(C)=O. The molecule has 2 atom stereocenters. The summed E-state index contributed by atoms with van der Waals surface area (Å²) in [4.78, 5) is 0. The third kappa shape index (κ3) is 3.26. The number of halogens is 1. The standard InChI is InChI=1S/C7H12ClN3O2S/c1-5(14(2)12)4-9-7-11-10-6(3-8)13-7/h5H,3-4H2,1-2H3,(H,9,11). The molecule has 1 aromatic rings. The van der Waals surface area contributed by atoms with E-state index in [1.807, 2.05) is 6.92 Å². The minimum Gasteiger partial charge on any atom is -0.407 e. The number of alkyl halides is 1. The van der Waals surface area contributed by atoms with Gasteiger partial charge in [-0.25, -0.2) is 0 Å². The van der Waals surface area contributed by atoms with Gasteiger partial charge in [0.05, 0.1) is 0 Å². The fourth-order valence-corrected chi connectivity index (χ4v) is 1.15. The highest BCUT2D eigenvalue weighted by molar-refractivity contribution is 7.84. The van der Waals surface area contributed by atoms with Gasteiger partial charge >= 0.3 is 6.01 Å². The van der Waals surface area contributed by atoms with Crippen LogP contribution in [0.1, 0.15) is 12.8 Å². The Morgan fingerprint density at radius 2 is 2.36 bits per heavy atom. The molecule has 0 aliphatic rings. The number of aromatic nitrogens is 2. The van der Waals surface area contributed by atoms with Crippen LogP contribution in [-0.4, -0.2) is 32.5 Å². The van der Waals surface area contributed by atoms with E-state index in [-0.39, 0.29) is 11.1 Å². The summed E-state index contributed by atoms with van der Waals surface area (Å²) in [6.45, 7) is 2.41. The molecule has 0 bridgehead atoms. The fourth-order valence-electron chi connectivity index (χ4n) is 0.727. The van der Waals surface area contributed by atoms with Gasteiger partial charge in [0.25, 0.3) is 0 Å². The van der Waals surface area contributed by atoms with E-state index in [2.05, 4.69) is 15.5 Å². The number of anilines is 1. The highest BCUT2D eigenvalue weighted by Crippen LogP contribution is 2.07. The number of rotatable bonds is 5. The molecule has 14 heavy (non-hydrogen) atoms. The lowest BCUT2D eigenvalue weighted by atomic mass is 10.5. The van der Waals surface area contributed by atoms with Crippen LogP contribution in [0, 0.1) is 0 Å². The molecule has 0 radical (unpaired) electrons. The molecule has 0 aliphatic carbocycles. The first-order chi connectivity index (χ1) is 6.63. The zero-order valence-electron chi connectivity index (χ0n) is 7.99. The van der Waals surface area contributed by atoms with Gasteiger partial charge in [-0.05, 0) is 6.92 Å². The predicted molar refractivity (Wildman–Crippen MR) is 55.9 cm³/mol. The summed E-state index contributed by atoms with van der Waals surface area (Å²) in [5.41, 5.74) is 0. The Balaban J connectivity index is 2.41. The van der Waals surface area contributed by atoms with Crippen LogP contribution in [0.15, 0.2) is 4.42 Å². The van der Waals surface area contributed by atoms with Crippen molar-refractivity contribution in [3.63, 3.8) is 0 Å². The maximum atomic E-state index is 11.0. The first-order valence-corrected chi connectivity index (χ1v) is 6.23. The number of hydrogen-bond acceptors (Lipinski definition) is 5. The van der Waals surface area contributed by atoms with Crippen LogP contribution >= 0.6 is 11.6 Å². The van der Waals surface area contributed by atoms with E-state index < -0.39 is 10.8 Å². The molecule has 80 valence electrons. The van der Waals surface area contributed by atoms with Gasteiger partial charge in [0.15, 0.2) is 0 Å². The molecule has 0 amide bonds. The van der Waals surface area contributed by atoms with E-state index in [1.165, 1.54) is 0 Å².